The molecule has 1 aromatic carbocycles. The van der Waals surface area contributed by atoms with Gasteiger partial charge >= 0.3 is 0 Å². The molecule has 5 rings (SSSR count). The molecule has 4 atom stereocenters. The molecule has 1 N–H and O–H groups in total. The maximum atomic E-state index is 13.1. The molecule has 8 heteroatoms. The summed E-state index contributed by atoms with van der Waals surface area (Å²) in [6, 6.07) is 5.11. The van der Waals surface area contributed by atoms with Gasteiger partial charge in [-0.1, -0.05) is 19.9 Å². The van der Waals surface area contributed by atoms with Crippen LogP contribution < -0.4 is 0 Å². The first-order valence-electron chi connectivity index (χ1n) is 10.2. The van der Waals surface area contributed by atoms with Crippen LogP contribution in [0, 0.1) is 16.7 Å². The molecule has 2 aliphatic carbocycles. The largest absolute Gasteiger partial charge is 0.388 e. The van der Waals surface area contributed by atoms with Crippen molar-refractivity contribution in [2.45, 2.75) is 51.7 Å². The minimum absolute atomic E-state index is 0.0515. The number of benzene rings is 1. The van der Waals surface area contributed by atoms with Gasteiger partial charge in [-0.2, -0.15) is 0 Å². The number of nitrogens with zero attached hydrogens (tertiary/aromatic N) is 3. The maximum Gasteiger partial charge on any atom is 0.239 e. The lowest BCUT2D eigenvalue weighted by Gasteiger charge is -2.37. The smallest absolute Gasteiger partial charge is 0.239 e. The van der Waals surface area contributed by atoms with Gasteiger partial charge in [-0.15, -0.1) is 0 Å². The highest BCUT2D eigenvalue weighted by Gasteiger charge is 2.72. The lowest BCUT2D eigenvalue weighted by atomic mass is 9.69. The lowest BCUT2D eigenvalue weighted by Crippen LogP contribution is -2.44. The number of aromatic nitrogens is 2. The molecule has 156 valence electrons. The molecule has 2 heterocycles. The first kappa shape index (κ1) is 19.1. The van der Waals surface area contributed by atoms with E-state index in [0.29, 0.717) is 11.5 Å². The van der Waals surface area contributed by atoms with E-state index in [1.165, 1.54) is 0 Å². The predicted molar refractivity (Wildman–Crippen MR) is 108 cm³/mol. The zero-order valence-electron chi connectivity index (χ0n) is 17.0. The quantitative estimate of drug-likeness (QED) is 0.828. The van der Waals surface area contributed by atoms with E-state index in [4.69, 9.17) is 0 Å². The number of hydrogen-bond donors (Lipinski definition) is 1. The fraction of sp³-hybridized carbons (Fsp3) is 0.619. The number of sulfonamides is 1. The Morgan fingerprint density at radius 1 is 1.38 bits per heavy atom. The first-order chi connectivity index (χ1) is 13.6. The van der Waals surface area contributed by atoms with Crippen molar-refractivity contribution in [3.05, 3.63) is 30.1 Å². The Kier molecular flexibility index (Phi) is 3.82. The van der Waals surface area contributed by atoms with Crippen molar-refractivity contribution in [1.82, 2.24) is 13.9 Å². The average molecular weight is 418 g/mol. The number of fused-ring (bicyclic) bond motifs is 2. The molecule has 1 saturated heterocycles. The van der Waals surface area contributed by atoms with Gasteiger partial charge in [0.05, 0.1) is 41.7 Å². The van der Waals surface area contributed by atoms with Crippen LogP contribution in [-0.2, 0) is 21.9 Å². The Labute approximate surface area is 170 Å². The predicted octanol–water partition coefficient (Wildman–Crippen LogP) is 2.36. The molecule has 1 amide bonds. The molecule has 2 aromatic rings. The normalized spacial score (nSPS) is 32.6. The van der Waals surface area contributed by atoms with Crippen LogP contribution in [0.25, 0.3) is 11.0 Å². The van der Waals surface area contributed by atoms with E-state index in [2.05, 4.69) is 18.8 Å². The van der Waals surface area contributed by atoms with E-state index in [1.807, 2.05) is 17.7 Å². The number of amides is 1. The highest BCUT2D eigenvalue weighted by atomic mass is 32.2. The molecule has 2 saturated carbocycles. The summed E-state index contributed by atoms with van der Waals surface area (Å²) in [6.45, 7) is 4.32. The summed E-state index contributed by atoms with van der Waals surface area (Å²) < 4.78 is 29.0. The Balaban J connectivity index is 1.41. The van der Waals surface area contributed by atoms with Gasteiger partial charge in [0.25, 0.3) is 0 Å². The van der Waals surface area contributed by atoms with E-state index < -0.39 is 22.0 Å². The van der Waals surface area contributed by atoms with Crippen LogP contribution in [0.4, 0.5) is 0 Å². The van der Waals surface area contributed by atoms with E-state index >= 15 is 0 Å². The van der Waals surface area contributed by atoms with Crippen LogP contribution in [0.3, 0.4) is 0 Å². The molecule has 29 heavy (non-hydrogen) atoms. The number of rotatable bonds is 3. The van der Waals surface area contributed by atoms with Crippen molar-refractivity contribution in [3.63, 3.8) is 0 Å². The van der Waals surface area contributed by atoms with Crippen molar-refractivity contribution >= 4 is 27.0 Å². The summed E-state index contributed by atoms with van der Waals surface area (Å²) in [5, 5.41) is 10.7. The third-order valence-corrected chi connectivity index (χ3v) is 10.1. The Morgan fingerprint density at radius 2 is 2.14 bits per heavy atom. The fourth-order valence-corrected chi connectivity index (χ4v) is 8.91. The topological polar surface area (TPSA) is 92.5 Å². The number of carbonyl (C=O) groups excluding carboxylic acids is 1. The molecular formula is C21H27N3O4S. The van der Waals surface area contributed by atoms with Gasteiger partial charge < -0.3 is 9.67 Å². The number of aliphatic hydroxyl groups is 1. The summed E-state index contributed by atoms with van der Waals surface area (Å²) in [5.74, 6) is 0.00855. The van der Waals surface area contributed by atoms with Crippen molar-refractivity contribution in [2.75, 3.05) is 5.75 Å². The lowest BCUT2D eigenvalue weighted by molar-refractivity contribution is -0.131. The second-order valence-electron chi connectivity index (χ2n) is 9.63. The van der Waals surface area contributed by atoms with Gasteiger partial charge in [-0.25, -0.2) is 17.7 Å². The van der Waals surface area contributed by atoms with E-state index in [0.717, 1.165) is 34.6 Å². The summed E-state index contributed by atoms with van der Waals surface area (Å²) in [6.07, 6.45) is 3.03. The molecule has 2 bridgehead atoms. The van der Waals surface area contributed by atoms with Crippen LogP contribution in [0.15, 0.2) is 24.5 Å². The van der Waals surface area contributed by atoms with Gasteiger partial charge in [0, 0.05) is 12.5 Å². The standard InChI is InChI=1S/C21H27N3O4S/c1-20(2)14-6-7-21(20)11-29(27,28)24(18(21)9-14)19(26)10-17(25)13-4-5-16-15(8-13)22-12-23(16)3/h4-5,8,12,14,17-18,25H,6-7,9-11H2,1-3H3/t14?,17-,18+,21+/m0/s1. The number of hydrogen-bond acceptors (Lipinski definition) is 5. The summed E-state index contributed by atoms with van der Waals surface area (Å²) in [4.78, 5) is 17.4. The number of aryl methyl sites for hydroxylation is 1. The van der Waals surface area contributed by atoms with E-state index in [9.17, 15) is 18.3 Å². The maximum absolute atomic E-state index is 13.1. The van der Waals surface area contributed by atoms with E-state index in [-0.39, 0.29) is 29.0 Å². The molecule has 3 fully saturated rings. The molecule has 1 aromatic heterocycles. The number of aliphatic hydroxyl groups excluding tert-OH is 1. The van der Waals surface area contributed by atoms with Crippen molar-refractivity contribution < 1.29 is 18.3 Å². The van der Waals surface area contributed by atoms with Crippen molar-refractivity contribution in [2.24, 2.45) is 23.8 Å². The molecule has 3 aliphatic rings. The molecular weight excluding hydrogens is 390 g/mol. The van der Waals surface area contributed by atoms with Crippen LogP contribution in [-0.4, -0.2) is 45.1 Å². The number of carbonyl (C=O) groups is 1. The molecule has 1 aliphatic heterocycles. The second kappa shape index (κ2) is 5.82. The van der Waals surface area contributed by atoms with Gasteiger partial charge in [-0.3, -0.25) is 4.79 Å². The molecule has 0 radical (unpaired) electrons. The van der Waals surface area contributed by atoms with Crippen molar-refractivity contribution in [3.8, 4) is 0 Å². The zero-order chi connectivity index (χ0) is 20.8. The van der Waals surface area contributed by atoms with Gasteiger partial charge in [0.1, 0.15) is 0 Å². The van der Waals surface area contributed by atoms with Gasteiger partial charge in [0.2, 0.25) is 15.9 Å². The second-order valence-corrected chi connectivity index (χ2v) is 11.5. The highest BCUT2D eigenvalue weighted by Crippen LogP contribution is 2.70. The average Bonchev–Trinajstić information content (AvgIpc) is 3.27. The summed E-state index contributed by atoms with van der Waals surface area (Å²) in [7, 11) is -1.77. The molecule has 7 nitrogen and oxygen atoms in total. The Morgan fingerprint density at radius 3 is 2.86 bits per heavy atom. The van der Waals surface area contributed by atoms with Crippen molar-refractivity contribution in [1.29, 1.82) is 0 Å². The van der Waals surface area contributed by atoms with Crippen LogP contribution in [0.2, 0.25) is 0 Å². The summed E-state index contributed by atoms with van der Waals surface area (Å²) >= 11 is 0. The van der Waals surface area contributed by atoms with Gasteiger partial charge in [0.15, 0.2) is 0 Å². The minimum atomic E-state index is -3.66. The minimum Gasteiger partial charge on any atom is -0.388 e. The fourth-order valence-electron chi connectivity index (χ4n) is 6.35. The summed E-state index contributed by atoms with van der Waals surface area (Å²) in [5.41, 5.74) is 1.82. The van der Waals surface area contributed by atoms with Crippen LogP contribution >= 0.6 is 0 Å². The molecule has 1 spiro atoms. The van der Waals surface area contributed by atoms with Gasteiger partial charge in [-0.05, 0) is 48.3 Å². The van der Waals surface area contributed by atoms with Crippen LogP contribution in [0.1, 0.15) is 51.2 Å². The first-order valence-corrected chi connectivity index (χ1v) is 11.8. The highest BCUT2D eigenvalue weighted by molar-refractivity contribution is 7.90. The third-order valence-electron chi connectivity index (χ3n) is 8.16. The monoisotopic (exact) mass is 417 g/mol. The zero-order valence-corrected chi connectivity index (χ0v) is 17.8. The SMILES string of the molecule is Cn1cnc2cc([C@@H](O)CC(=O)N3[C@@H]4CC5CC[C@]4(CS3(=O)=O)C5(C)C)ccc21. The third kappa shape index (κ3) is 2.42. The number of imidazole rings is 1. The molecule has 1 unspecified atom stereocenters. The van der Waals surface area contributed by atoms with Crippen LogP contribution in [0.5, 0.6) is 0 Å². The Bertz CT molecular complexity index is 1120. The Hall–Kier alpha value is -1.93. The van der Waals surface area contributed by atoms with E-state index in [1.54, 1.807) is 18.5 Å².